The summed E-state index contributed by atoms with van der Waals surface area (Å²) < 4.78 is 22.8. The number of hydrogen-bond donors (Lipinski definition) is 2. The van der Waals surface area contributed by atoms with Gasteiger partial charge in [0.2, 0.25) is 0 Å². The Morgan fingerprint density at radius 1 is 0.784 bits per heavy atom. The van der Waals surface area contributed by atoms with Crippen molar-refractivity contribution >= 4 is 33.1 Å². The van der Waals surface area contributed by atoms with Gasteiger partial charge >= 0.3 is 0 Å². The molecule has 3 aromatic rings. The number of methoxy groups -OCH3 is 4. The predicted molar refractivity (Wildman–Crippen MR) is 147 cm³/mol. The second-order valence-corrected chi connectivity index (χ2v) is 9.87. The van der Waals surface area contributed by atoms with Gasteiger partial charge in [-0.1, -0.05) is 34.1 Å². The Morgan fingerprint density at radius 2 is 1.43 bits per heavy atom. The molecule has 0 fully saturated rings. The fraction of sp³-hybridized carbons (Fsp3) is 0.276. The van der Waals surface area contributed by atoms with Crippen LogP contribution in [-0.2, 0) is 4.79 Å². The van der Waals surface area contributed by atoms with Crippen molar-refractivity contribution < 1.29 is 23.7 Å². The standard InChI is InChI=1S/C29H29BrN2O5/c1-34-24-10-9-16(13-25(24)35-2)17-11-22-28(23(33)12-17)29(32-21-8-6-5-7-20(21)31-22)18-14-26(36-3)27(37-4)15-19(18)30/h5-10,13-15,17,29,31-32H,11-12H2,1-4H3. The van der Waals surface area contributed by atoms with Gasteiger partial charge in [-0.05, 0) is 59.9 Å². The molecule has 5 rings (SSSR count). The number of benzene rings is 3. The van der Waals surface area contributed by atoms with Crippen LogP contribution in [0.2, 0.25) is 0 Å². The number of Topliss-reactive ketones (excluding diaryl/α,β-unsaturated/α-hetero) is 1. The monoisotopic (exact) mass is 564 g/mol. The molecule has 192 valence electrons. The van der Waals surface area contributed by atoms with Crippen molar-refractivity contribution in [3.8, 4) is 23.0 Å². The zero-order valence-electron chi connectivity index (χ0n) is 21.2. The quantitative estimate of drug-likeness (QED) is 0.355. The molecule has 0 aromatic heterocycles. The van der Waals surface area contributed by atoms with Gasteiger partial charge in [0.15, 0.2) is 28.8 Å². The van der Waals surface area contributed by atoms with Gasteiger partial charge in [0, 0.05) is 22.2 Å². The average Bonchev–Trinajstić information content (AvgIpc) is 3.09. The van der Waals surface area contributed by atoms with Crippen LogP contribution in [0.3, 0.4) is 0 Å². The Hall–Kier alpha value is -3.65. The van der Waals surface area contributed by atoms with Crippen LogP contribution in [0.25, 0.3) is 0 Å². The average molecular weight is 565 g/mol. The fourth-order valence-corrected chi connectivity index (χ4v) is 5.71. The van der Waals surface area contributed by atoms with E-state index in [0.717, 1.165) is 38.2 Å². The molecule has 7 nitrogen and oxygen atoms in total. The number of fused-ring (bicyclic) bond motifs is 1. The summed E-state index contributed by atoms with van der Waals surface area (Å²) in [6.45, 7) is 0. The number of rotatable bonds is 6. The normalized spacial score (nSPS) is 18.6. The Balaban J connectivity index is 1.62. The van der Waals surface area contributed by atoms with Crippen LogP contribution in [0.15, 0.2) is 70.3 Å². The largest absolute Gasteiger partial charge is 0.493 e. The maximum absolute atomic E-state index is 13.9. The number of ether oxygens (including phenoxy) is 4. The minimum atomic E-state index is -0.390. The minimum absolute atomic E-state index is 0.00156. The van der Waals surface area contributed by atoms with Crippen molar-refractivity contribution in [1.82, 2.24) is 0 Å². The summed E-state index contributed by atoms with van der Waals surface area (Å²) >= 11 is 3.71. The highest BCUT2D eigenvalue weighted by Gasteiger charge is 2.37. The summed E-state index contributed by atoms with van der Waals surface area (Å²) in [5.41, 5.74) is 5.39. The van der Waals surface area contributed by atoms with Crippen LogP contribution in [0, 0.1) is 0 Å². The van der Waals surface area contributed by atoms with Crippen LogP contribution in [0.4, 0.5) is 11.4 Å². The third-order valence-electron chi connectivity index (χ3n) is 7.00. The first-order valence-electron chi connectivity index (χ1n) is 12.0. The van der Waals surface area contributed by atoms with Crippen molar-refractivity contribution in [2.75, 3.05) is 39.1 Å². The molecular formula is C29H29BrN2O5. The zero-order valence-corrected chi connectivity index (χ0v) is 22.8. The summed E-state index contributed by atoms with van der Waals surface area (Å²) in [7, 11) is 6.45. The van der Waals surface area contributed by atoms with Gasteiger partial charge in [-0.3, -0.25) is 4.79 Å². The van der Waals surface area contributed by atoms with E-state index in [0.29, 0.717) is 35.8 Å². The molecule has 0 amide bonds. The number of para-hydroxylation sites is 2. The molecule has 0 radical (unpaired) electrons. The number of carbonyl (C=O) groups is 1. The molecule has 2 atom stereocenters. The Bertz CT molecular complexity index is 1390. The number of anilines is 2. The van der Waals surface area contributed by atoms with E-state index >= 15 is 0 Å². The molecule has 0 saturated heterocycles. The van der Waals surface area contributed by atoms with E-state index < -0.39 is 0 Å². The molecule has 3 aromatic carbocycles. The molecule has 37 heavy (non-hydrogen) atoms. The van der Waals surface area contributed by atoms with E-state index in [9.17, 15) is 4.79 Å². The van der Waals surface area contributed by atoms with Gasteiger partial charge in [-0.2, -0.15) is 0 Å². The molecule has 0 spiro atoms. The topological polar surface area (TPSA) is 78.1 Å². The summed E-state index contributed by atoms with van der Waals surface area (Å²) in [5.74, 6) is 2.61. The lowest BCUT2D eigenvalue weighted by molar-refractivity contribution is -0.116. The molecule has 0 bridgehead atoms. The number of carbonyl (C=O) groups excluding carboxylic acids is 1. The SMILES string of the molecule is COc1ccc(C2CC(=O)C3=C(C2)Nc2ccccc2NC3c2cc(OC)c(OC)cc2Br)cc1OC. The maximum atomic E-state index is 13.9. The van der Waals surface area contributed by atoms with Gasteiger partial charge in [0.25, 0.3) is 0 Å². The molecule has 2 aliphatic rings. The molecule has 0 saturated carbocycles. The van der Waals surface area contributed by atoms with Crippen LogP contribution >= 0.6 is 15.9 Å². The van der Waals surface area contributed by atoms with E-state index in [1.54, 1.807) is 28.4 Å². The predicted octanol–water partition coefficient (Wildman–Crippen LogP) is 6.46. The molecule has 1 aliphatic heterocycles. The van der Waals surface area contributed by atoms with Gasteiger partial charge in [0.1, 0.15) is 0 Å². The van der Waals surface area contributed by atoms with Crippen molar-refractivity contribution in [1.29, 1.82) is 0 Å². The molecule has 8 heteroatoms. The van der Waals surface area contributed by atoms with Crippen molar-refractivity contribution in [3.63, 3.8) is 0 Å². The third-order valence-corrected chi connectivity index (χ3v) is 7.69. The van der Waals surface area contributed by atoms with Gasteiger partial charge in [0.05, 0.1) is 45.9 Å². The van der Waals surface area contributed by atoms with E-state index in [-0.39, 0.29) is 17.7 Å². The Labute approximate surface area is 224 Å². The summed E-state index contributed by atoms with van der Waals surface area (Å²) in [4.78, 5) is 13.9. The molecule has 1 aliphatic carbocycles. The fourth-order valence-electron chi connectivity index (χ4n) is 5.16. The van der Waals surface area contributed by atoms with E-state index in [4.69, 9.17) is 18.9 Å². The summed E-state index contributed by atoms with van der Waals surface area (Å²) in [5, 5.41) is 7.20. The molecule has 1 heterocycles. The van der Waals surface area contributed by atoms with Crippen LogP contribution in [0.5, 0.6) is 23.0 Å². The van der Waals surface area contributed by atoms with Crippen molar-refractivity contribution in [2.24, 2.45) is 0 Å². The number of allylic oxidation sites excluding steroid dienone is 1. The second kappa shape index (κ2) is 10.4. The maximum Gasteiger partial charge on any atom is 0.163 e. The van der Waals surface area contributed by atoms with Crippen molar-refractivity contribution in [3.05, 3.63) is 81.5 Å². The zero-order chi connectivity index (χ0) is 26.1. The summed E-state index contributed by atoms with van der Waals surface area (Å²) in [6.07, 6.45) is 1.06. The first-order valence-corrected chi connectivity index (χ1v) is 12.8. The Kier molecular flexibility index (Phi) is 7.02. The van der Waals surface area contributed by atoms with Gasteiger partial charge in [-0.25, -0.2) is 0 Å². The van der Waals surface area contributed by atoms with Gasteiger partial charge in [-0.15, -0.1) is 0 Å². The molecular weight excluding hydrogens is 536 g/mol. The van der Waals surface area contributed by atoms with Crippen LogP contribution in [-0.4, -0.2) is 34.2 Å². The smallest absolute Gasteiger partial charge is 0.163 e. The lowest BCUT2D eigenvalue weighted by atomic mass is 9.78. The van der Waals surface area contributed by atoms with Gasteiger partial charge < -0.3 is 29.6 Å². The number of nitrogens with one attached hydrogen (secondary N) is 2. The highest BCUT2D eigenvalue weighted by Crippen LogP contribution is 2.47. The van der Waals surface area contributed by atoms with Crippen LogP contribution in [0.1, 0.15) is 35.9 Å². The van der Waals surface area contributed by atoms with E-state index in [2.05, 4.69) is 26.6 Å². The van der Waals surface area contributed by atoms with Crippen LogP contribution < -0.4 is 29.6 Å². The highest BCUT2D eigenvalue weighted by atomic mass is 79.9. The lowest BCUT2D eigenvalue weighted by Gasteiger charge is -2.30. The van der Waals surface area contributed by atoms with E-state index in [1.807, 2.05) is 54.6 Å². The first kappa shape index (κ1) is 25.0. The second-order valence-electron chi connectivity index (χ2n) is 9.01. The number of ketones is 1. The van der Waals surface area contributed by atoms with Crippen molar-refractivity contribution in [2.45, 2.75) is 24.8 Å². The first-order chi connectivity index (χ1) is 18.0. The summed E-state index contributed by atoms with van der Waals surface area (Å²) in [6, 6.07) is 17.3. The highest BCUT2D eigenvalue weighted by molar-refractivity contribution is 9.10. The number of hydrogen-bond acceptors (Lipinski definition) is 7. The molecule has 2 N–H and O–H groups in total. The minimum Gasteiger partial charge on any atom is -0.493 e. The van der Waals surface area contributed by atoms with E-state index in [1.165, 1.54) is 0 Å². The third kappa shape index (κ3) is 4.62. The number of halogens is 1. The Morgan fingerprint density at radius 3 is 2.14 bits per heavy atom. The molecule has 2 unspecified atom stereocenters. The lowest BCUT2D eigenvalue weighted by Crippen LogP contribution is -2.27.